The van der Waals surface area contributed by atoms with E-state index < -0.39 is 29.2 Å². The van der Waals surface area contributed by atoms with E-state index in [1.54, 1.807) is 29.6 Å². The van der Waals surface area contributed by atoms with Crippen LogP contribution in [0, 0.1) is 17.1 Å². The molecule has 1 heterocycles. The molecule has 1 atom stereocenters. The molecule has 27 heavy (non-hydrogen) atoms. The third-order valence-corrected chi connectivity index (χ3v) is 5.74. The molecule has 7 heteroatoms. The number of carbonyl (C=O) groups excluding carboxylic acids is 2. The molecule has 1 fully saturated rings. The molecule has 1 saturated carbocycles. The number of ether oxygens (including phenoxy) is 1. The summed E-state index contributed by atoms with van der Waals surface area (Å²) in [4.78, 5) is 25.3. The average molecular weight is 386 g/mol. The van der Waals surface area contributed by atoms with Crippen molar-refractivity contribution < 1.29 is 18.7 Å². The largest absolute Gasteiger partial charge is 0.452 e. The highest BCUT2D eigenvalue weighted by molar-refractivity contribution is 7.14. The van der Waals surface area contributed by atoms with Crippen molar-refractivity contribution in [2.75, 3.05) is 5.32 Å². The Bertz CT molecular complexity index is 897. The normalized spacial score (nSPS) is 16.3. The predicted octanol–water partition coefficient (Wildman–Crippen LogP) is 4.14. The molecular formula is C20H19FN2O3S. The van der Waals surface area contributed by atoms with Gasteiger partial charge in [0.15, 0.2) is 6.10 Å². The number of rotatable bonds is 5. The summed E-state index contributed by atoms with van der Waals surface area (Å²) in [5.41, 5.74) is -0.378. The second kappa shape index (κ2) is 7.89. The lowest BCUT2D eigenvalue weighted by atomic mass is 9.78. The monoisotopic (exact) mass is 386 g/mol. The molecular weight excluding hydrogens is 367 g/mol. The summed E-state index contributed by atoms with van der Waals surface area (Å²) in [5.74, 6) is -1.55. The number of nitrogens with zero attached hydrogens (tertiary/aromatic N) is 1. The zero-order chi connectivity index (χ0) is 19.4. The zero-order valence-corrected chi connectivity index (χ0v) is 15.6. The van der Waals surface area contributed by atoms with Gasteiger partial charge in [-0.1, -0.05) is 31.0 Å². The quantitative estimate of drug-likeness (QED) is 0.783. The molecule has 0 aliphatic heterocycles. The summed E-state index contributed by atoms with van der Waals surface area (Å²) in [7, 11) is 0. The number of halogens is 1. The number of hydrogen-bond acceptors (Lipinski definition) is 5. The molecule has 140 valence electrons. The Morgan fingerprint density at radius 1 is 1.30 bits per heavy atom. The minimum atomic E-state index is -1.06. The minimum Gasteiger partial charge on any atom is -0.452 e. The van der Waals surface area contributed by atoms with E-state index >= 15 is 0 Å². The first kappa shape index (κ1) is 19.1. The van der Waals surface area contributed by atoms with E-state index in [0.717, 1.165) is 12.8 Å². The van der Waals surface area contributed by atoms with Crippen molar-refractivity contribution in [2.24, 2.45) is 0 Å². The van der Waals surface area contributed by atoms with Crippen molar-refractivity contribution in [3.05, 3.63) is 52.7 Å². The van der Waals surface area contributed by atoms with E-state index in [4.69, 9.17) is 10.00 Å². The van der Waals surface area contributed by atoms with Crippen LogP contribution in [-0.4, -0.2) is 18.0 Å². The summed E-state index contributed by atoms with van der Waals surface area (Å²) >= 11 is 1.22. The number of nitrogens with one attached hydrogen (secondary N) is 1. The van der Waals surface area contributed by atoms with Gasteiger partial charge in [-0.15, -0.1) is 11.3 Å². The van der Waals surface area contributed by atoms with Gasteiger partial charge in [-0.25, -0.2) is 4.39 Å². The van der Waals surface area contributed by atoms with E-state index in [1.165, 1.54) is 24.3 Å². The van der Waals surface area contributed by atoms with Crippen LogP contribution >= 0.6 is 11.3 Å². The van der Waals surface area contributed by atoms with Gasteiger partial charge in [-0.05, 0) is 37.3 Å². The van der Waals surface area contributed by atoms with Gasteiger partial charge in [0.2, 0.25) is 0 Å². The molecule has 1 aromatic carbocycles. The number of anilines is 1. The maximum atomic E-state index is 14.4. The molecule has 0 bridgehead atoms. The van der Waals surface area contributed by atoms with E-state index in [9.17, 15) is 14.0 Å². The van der Waals surface area contributed by atoms with E-state index in [0.29, 0.717) is 29.0 Å². The fourth-order valence-electron chi connectivity index (χ4n) is 3.45. The fraction of sp³-hybridized carbons (Fsp3) is 0.350. The third-order valence-electron chi connectivity index (χ3n) is 4.91. The van der Waals surface area contributed by atoms with Crippen LogP contribution < -0.4 is 5.32 Å². The van der Waals surface area contributed by atoms with Gasteiger partial charge in [0.05, 0.1) is 11.0 Å². The highest BCUT2D eigenvalue weighted by Gasteiger charge is 2.46. The van der Waals surface area contributed by atoms with Gasteiger partial charge in [0, 0.05) is 5.56 Å². The van der Waals surface area contributed by atoms with Gasteiger partial charge < -0.3 is 10.1 Å². The number of thiophene rings is 1. The summed E-state index contributed by atoms with van der Waals surface area (Å²) in [5, 5.41) is 13.7. The van der Waals surface area contributed by atoms with Crippen molar-refractivity contribution in [2.45, 2.75) is 44.1 Å². The smallest absolute Gasteiger partial charge is 0.317 e. The molecule has 1 aromatic heterocycles. The van der Waals surface area contributed by atoms with E-state index in [1.807, 2.05) is 6.07 Å². The molecule has 5 nitrogen and oxygen atoms in total. The van der Waals surface area contributed by atoms with Crippen LogP contribution in [-0.2, 0) is 19.7 Å². The Kier molecular flexibility index (Phi) is 5.57. The standard InChI is InChI=1S/C20H19FN2O3S/c1-13(17(24)23-18-14(12-22)8-11-27-18)26-19(25)20(9-4-5-10-20)15-6-2-3-7-16(15)21/h2-3,6-8,11,13H,4-5,9-10H2,1H3,(H,23,24)/t13-/m1/s1. The maximum absolute atomic E-state index is 14.4. The van der Waals surface area contributed by atoms with Gasteiger partial charge >= 0.3 is 5.97 Å². The van der Waals surface area contributed by atoms with Gasteiger partial charge in [-0.2, -0.15) is 5.26 Å². The van der Waals surface area contributed by atoms with Crippen LogP contribution in [0.4, 0.5) is 9.39 Å². The number of amides is 1. The van der Waals surface area contributed by atoms with Crippen LogP contribution in [0.3, 0.4) is 0 Å². The molecule has 1 aliphatic carbocycles. The molecule has 0 spiro atoms. The second-order valence-electron chi connectivity index (χ2n) is 6.58. The van der Waals surface area contributed by atoms with Crippen molar-refractivity contribution in [3.63, 3.8) is 0 Å². The van der Waals surface area contributed by atoms with Crippen LogP contribution in [0.15, 0.2) is 35.7 Å². The van der Waals surface area contributed by atoms with Crippen molar-refractivity contribution >= 4 is 28.2 Å². The number of hydrogen-bond donors (Lipinski definition) is 1. The van der Waals surface area contributed by atoms with Crippen LogP contribution in [0.25, 0.3) is 0 Å². The number of nitriles is 1. The van der Waals surface area contributed by atoms with Crippen LogP contribution in [0.1, 0.15) is 43.7 Å². The van der Waals surface area contributed by atoms with E-state index in [2.05, 4.69) is 5.32 Å². The van der Waals surface area contributed by atoms with Gasteiger partial charge in [0.1, 0.15) is 16.9 Å². The summed E-state index contributed by atoms with van der Waals surface area (Å²) in [6, 6.07) is 9.80. The Labute approximate surface area is 160 Å². The highest BCUT2D eigenvalue weighted by Crippen LogP contribution is 2.43. The number of benzene rings is 1. The fourth-order valence-corrected chi connectivity index (χ4v) is 4.19. The first-order chi connectivity index (χ1) is 13.0. The molecule has 3 rings (SSSR count). The van der Waals surface area contributed by atoms with Crippen molar-refractivity contribution in [3.8, 4) is 6.07 Å². The van der Waals surface area contributed by atoms with Gasteiger partial charge in [0.25, 0.3) is 5.91 Å². The highest BCUT2D eigenvalue weighted by atomic mass is 32.1. The Balaban J connectivity index is 1.75. The maximum Gasteiger partial charge on any atom is 0.317 e. The molecule has 1 amide bonds. The predicted molar refractivity (Wildman–Crippen MR) is 99.8 cm³/mol. The summed E-state index contributed by atoms with van der Waals surface area (Å²) < 4.78 is 19.8. The Hall–Kier alpha value is -2.72. The first-order valence-electron chi connectivity index (χ1n) is 8.72. The Morgan fingerprint density at radius 3 is 2.67 bits per heavy atom. The lowest BCUT2D eigenvalue weighted by molar-refractivity contribution is -0.159. The third kappa shape index (κ3) is 3.71. The van der Waals surface area contributed by atoms with Crippen molar-refractivity contribution in [1.82, 2.24) is 0 Å². The average Bonchev–Trinajstić information content (AvgIpc) is 3.31. The number of esters is 1. The van der Waals surface area contributed by atoms with E-state index in [-0.39, 0.29) is 0 Å². The van der Waals surface area contributed by atoms with Crippen LogP contribution in [0.5, 0.6) is 0 Å². The molecule has 0 saturated heterocycles. The molecule has 0 radical (unpaired) electrons. The molecule has 0 unspecified atom stereocenters. The van der Waals surface area contributed by atoms with Crippen LogP contribution in [0.2, 0.25) is 0 Å². The van der Waals surface area contributed by atoms with Gasteiger partial charge in [-0.3, -0.25) is 9.59 Å². The lowest BCUT2D eigenvalue weighted by Crippen LogP contribution is -2.40. The first-order valence-corrected chi connectivity index (χ1v) is 9.60. The minimum absolute atomic E-state index is 0.324. The number of carbonyl (C=O) groups is 2. The topological polar surface area (TPSA) is 79.2 Å². The SMILES string of the molecule is C[C@@H](OC(=O)C1(c2ccccc2F)CCCC1)C(=O)Nc1sccc1C#N. The molecule has 1 aliphatic rings. The lowest BCUT2D eigenvalue weighted by Gasteiger charge is -2.29. The zero-order valence-electron chi connectivity index (χ0n) is 14.8. The summed E-state index contributed by atoms with van der Waals surface area (Å²) in [6.07, 6.45) is 1.51. The summed E-state index contributed by atoms with van der Waals surface area (Å²) in [6.45, 7) is 1.47. The Morgan fingerprint density at radius 2 is 2.00 bits per heavy atom. The second-order valence-corrected chi connectivity index (χ2v) is 7.50. The van der Waals surface area contributed by atoms with Crippen molar-refractivity contribution in [1.29, 1.82) is 5.26 Å². The molecule has 1 N–H and O–H groups in total. The molecule has 2 aromatic rings.